The van der Waals surface area contributed by atoms with Crippen molar-refractivity contribution in [2.75, 3.05) is 6.54 Å². The zero-order valence-corrected chi connectivity index (χ0v) is 16.0. The highest BCUT2D eigenvalue weighted by atomic mass is 16.4. The second-order valence-corrected chi connectivity index (χ2v) is 6.45. The Morgan fingerprint density at radius 3 is 2.63 bits per heavy atom. The summed E-state index contributed by atoms with van der Waals surface area (Å²) < 4.78 is 11.0. The standard InChI is InChI=1S/C21H26N4O2/c1-15-17(3)27-20(24-15)14-23-21(22-12-11-19-10-7-13-26-19)25-16(2)18-8-5-4-6-9-18/h4-10,13,16H,11-12,14H2,1-3H3,(H2,22,23,25). The summed E-state index contributed by atoms with van der Waals surface area (Å²) in [7, 11) is 0. The van der Waals surface area contributed by atoms with Crippen LogP contribution in [0.3, 0.4) is 0 Å². The summed E-state index contributed by atoms with van der Waals surface area (Å²) in [6.45, 7) is 7.05. The van der Waals surface area contributed by atoms with Gasteiger partial charge in [0.05, 0.1) is 18.0 Å². The molecule has 0 radical (unpaired) electrons. The normalized spacial score (nSPS) is 12.8. The van der Waals surface area contributed by atoms with Crippen molar-refractivity contribution in [1.29, 1.82) is 0 Å². The molecule has 2 aromatic heterocycles. The van der Waals surface area contributed by atoms with Gasteiger partial charge < -0.3 is 19.5 Å². The molecule has 1 aromatic carbocycles. The van der Waals surface area contributed by atoms with Gasteiger partial charge in [-0.25, -0.2) is 9.98 Å². The number of guanidine groups is 1. The number of rotatable bonds is 7. The molecule has 0 aliphatic rings. The quantitative estimate of drug-likeness (QED) is 0.490. The van der Waals surface area contributed by atoms with Crippen molar-refractivity contribution in [3.05, 3.63) is 77.4 Å². The van der Waals surface area contributed by atoms with Crippen LogP contribution in [0.4, 0.5) is 0 Å². The van der Waals surface area contributed by atoms with Crippen LogP contribution in [0.25, 0.3) is 0 Å². The summed E-state index contributed by atoms with van der Waals surface area (Å²) in [5.41, 5.74) is 2.10. The predicted octanol–water partition coefficient (Wildman–Crippen LogP) is 3.92. The third-order valence-electron chi connectivity index (χ3n) is 4.34. The summed E-state index contributed by atoms with van der Waals surface area (Å²) in [5, 5.41) is 6.80. The van der Waals surface area contributed by atoms with Crippen LogP contribution in [0.2, 0.25) is 0 Å². The van der Waals surface area contributed by atoms with Crippen LogP contribution < -0.4 is 10.6 Å². The molecular formula is C21H26N4O2. The van der Waals surface area contributed by atoms with Crippen LogP contribution in [0.5, 0.6) is 0 Å². The number of nitrogens with zero attached hydrogens (tertiary/aromatic N) is 2. The Balaban J connectivity index is 1.65. The van der Waals surface area contributed by atoms with E-state index in [4.69, 9.17) is 8.83 Å². The largest absolute Gasteiger partial charge is 0.469 e. The molecule has 0 aliphatic heterocycles. The molecule has 142 valence electrons. The Labute approximate surface area is 159 Å². The molecule has 0 bridgehead atoms. The maximum Gasteiger partial charge on any atom is 0.216 e. The van der Waals surface area contributed by atoms with Crippen LogP contribution in [-0.4, -0.2) is 17.5 Å². The molecule has 0 fully saturated rings. The van der Waals surface area contributed by atoms with Crippen molar-refractivity contribution < 1.29 is 8.83 Å². The van der Waals surface area contributed by atoms with Crippen molar-refractivity contribution in [2.24, 2.45) is 4.99 Å². The molecule has 0 saturated carbocycles. The molecule has 3 aromatic rings. The highest BCUT2D eigenvalue weighted by Crippen LogP contribution is 2.12. The highest BCUT2D eigenvalue weighted by molar-refractivity contribution is 5.80. The van der Waals surface area contributed by atoms with E-state index in [2.05, 4.69) is 39.7 Å². The Hall–Kier alpha value is -3.02. The number of aryl methyl sites for hydroxylation is 2. The lowest BCUT2D eigenvalue weighted by Crippen LogP contribution is -2.39. The van der Waals surface area contributed by atoms with Gasteiger partial charge in [0.1, 0.15) is 18.1 Å². The van der Waals surface area contributed by atoms with Crippen LogP contribution in [0.1, 0.15) is 41.6 Å². The van der Waals surface area contributed by atoms with Gasteiger partial charge in [0.2, 0.25) is 5.89 Å². The molecule has 6 heteroatoms. The maximum atomic E-state index is 5.63. The van der Waals surface area contributed by atoms with Crippen LogP contribution in [0, 0.1) is 13.8 Å². The molecule has 27 heavy (non-hydrogen) atoms. The lowest BCUT2D eigenvalue weighted by Gasteiger charge is -2.18. The van der Waals surface area contributed by atoms with E-state index in [-0.39, 0.29) is 6.04 Å². The Kier molecular flexibility index (Phi) is 6.30. The van der Waals surface area contributed by atoms with Gasteiger partial charge in [0.25, 0.3) is 0 Å². The Morgan fingerprint density at radius 2 is 1.96 bits per heavy atom. The minimum atomic E-state index is 0.120. The molecule has 2 heterocycles. The minimum absolute atomic E-state index is 0.120. The van der Waals surface area contributed by atoms with Gasteiger partial charge in [-0.1, -0.05) is 30.3 Å². The summed E-state index contributed by atoms with van der Waals surface area (Å²) in [6.07, 6.45) is 2.47. The predicted molar refractivity (Wildman–Crippen MR) is 106 cm³/mol. The van der Waals surface area contributed by atoms with Crippen LogP contribution in [-0.2, 0) is 13.0 Å². The van der Waals surface area contributed by atoms with Gasteiger partial charge in [0, 0.05) is 13.0 Å². The average molecular weight is 366 g/mol. The van der Waals surface area contributed by atoms with Gasteiger partial charge in [-0.05, 0) is 38.5 Å². The van der Waals surface area contributed by atoms with Crippen molar-refractivity contribution in [3.8, 4) is 0 Å². The van der Waals surface area contributed by atoms with Crippen LogP contribution >= 0.6 is 0 Å². The number of furan rings is 1. The number of aliphatic imine (C=N–C) groups is 1. The first-order chi connectivity index (χ1) is 13.1. The van der Waals surface area contributed by atoms with E-state index >= 15 is 0 Å². The first kappa shape index (κ1) is 18.8. The maximum absolute atomic E-state index is 5.63. The highest BCUT2D eigenvalue weighted by Gasteiger charge is 2.10. The van der Waals surface area contributed by atoms with Gasteiger partial charge in [0.15, 0.2) is 5.96 Å². The van der Waals surface area contributed by atoms with Crippen LogP contribution in [0.15, 0.2) is 62.6 Å². The fourth-order valence-corrected chi connectivity index (χ4v) is 2.70. The second kappa shape index (κ2) is 9.07. The summed E-state index contributed by atoms with van der Waals surface area (Å²) in [6, 6.07) is 14.3. The molecule has 6 nitrogen and oxygen atoms in total. The van der Waals surface area contributed by atoms with Gasteiger partial charge in [-0.3, -0.25) is 0 Å². The molecule has 3 rings (SSSR count). The van der Waals surface area contributed by atoms with E-state index in [1.807, 2.05) is 44.2 Å². The molecule has 0 amide bonds. The fraction of sp³-hybridized carbons (Fsp3) is 0.333. The molecular weight excluding hydrogens is 340 g/mol. The van der Waals surface area contributed by atoms with E-state index in [9.17, 15) is 0 Å². The number of aromatic nitrogens is 1. The van der Waals surface area contributed by atoms with Gasteiger partial charge in [-0.15, -0.1) is 0 Å². The smallest absolute Gasteiger partial charge is 0.216 e. The van der Waals surface area contributed by atoms with E-state index in [0.717, 1.165) is 23.6 Å². The number of hydrogen-bond acceptors (Lipinski definition) is 4. The van der Waals surface area contributed by atoms with Crippen molar-refractivity contribution >= 4 is 5.96 Å². The van der Waals surface area contributed by atoms with Gasteiger partial charge in [-0.2, -0.15) is 0 Å². The number of hydrogen-bond donors (Lipinski definition) is 2. The summed E-state index contributed by atoms with van der Waals surface area (Å²) >= 11 is 0. The summed E-state index contributed by atoms with van der Waals surface area (Å²) in [5.74, 6) is 3.10. The second-order valence-electron chi connectivity index (χ2n) is 6.45. The van der Waals surface area contributed by atoms with Crippen molar-refractivity contribution in [3.63, 3.8) is 0 Å². The molecule has 2 N–H and O–H groups in total. The SMILES string of the molecule is Cc1nc(CN=C(NCCc2ccco2)NC(C)c2ccccc2)oc1C. The molecule has 0 saturated heterocycles. The van der Waals surface area contributed by atoms with E-state index in [0.29, 0.717) is 24.9 Å². The molecule has 1 atom stereocenters. The average Bonchev–Trinajstić information content (AvgIpc) is 3.30. The third kappa shape index (κ3) is 5.48. The number of benzene rings is 1. The third-order valence-corrected chi connectivity index (χ3v) is 4.34. The zero-order valence-electron chi connectivity index (χ0n) is 16.0. The van der Waals surface area contributed by atoms with E-state index in [1.54, 1.807) is 6.26 Å². The lowest BCUT2D eigenvalue weighted by atomic mass is 10.1. The Bertz CT molecular complexity index is 834. The lowest BCUT2D eigenvalue weighted by molar-refractivity contribution is 0.472. The van der Waals surface area contributed by atoms with Crippen molar-refractivity contribution in [2.45, 2.75) is 39.8 Å². The molecule has 0 spiro atoms. The molecule has 1 unspecified atom stereocenters. The number of nitrogens with one attached hydrogen (secondary N) is 2. The minimum Gasteiger partial charge on any atom is -0.469 e. The first-order valence-corrected chi connectivity index (χ1v) is 9.17. The topological polar surface area (TPSA) is 75.6 Å². The molecule has 0 aliphatic carbocycles. The monoisotopic (exact) mass is 366 g/mol. The number of oxazole rings is 1. The Morgan fingerprint density at radius 1 is 1.15 bits per heavy atom. The van der Waals surface area contributed by atoms with Crippen molar-refractivity contribution in [1.82, 2.24) is 15.6 Å². The van der Waals surface area contributed by atoms with Gasteiger partial charge >= 0.3 is 0 Å². The van der Waals surface area contributed by atoms with E-state index < -0.39 is 0 Å². The zero-order chi connectivity index (χ0) is 19.1. The fourth-order valence-electron chi connectivity index (χ4n) is 2.70. The summed E-state index contributed by atoms with van der Waals surface area (Å²) in [4.78, 5) is 9.04. The first-order valence-electron chi connectivity index (χ1n) is 9.17. The van der Waals surface area contributed by atoms with E-state index in [1.165, 1.54) is 5.56 Å².